The largest absolute Gasteiger partial charge is 0.0976 e. The topological polar surface area (TPSA) is 0 Å². The first-order chi connectivity index (χ1) is 5.81. The van der Waals surface area contributed by atoms with Gasteiger partial charge in [0.05, 0.1) is 0 Å². The van der Waals surface area contributed by atoms with Crippen LogP contribution < -0.4 is 0 Å². The van der Waals surface area contributed by atoms with Gasteiger partial charge in [-0.05, 0) is 18.6 Å². The van der Waals surface area contributed by atoms with Crippen LogP contribution in [0.2, 0.25) is 0 Å². The summed E-state index contributed by atoms with van der Waals surface area (Å²) in [7, 11) is 3.89. The molecule has 0 bridgehead atoms. The highest BCUT2D eigenvalue weighted by Gasteiger charge is 2.00. The van der Waals surface area contributed by atoms with Gasteiger partial charge in [0.1, 0.15) is 0 Å². The van der Waals surface area contributed by atoms with Crippen molar-refractivity contribution in [2.45, 2.75) is 46.0 Å². The first-order valence-corrected chi connectivity index (χ1v) is 7.69. The minimum atomic E-state index is 0.916. The van der Waals surface area contributed by atoms with Crippen molar-refractivity contribution in [3.63, 3.8) is 0 Å². The molecular weight excluding hydrogens is 184 g/mol. The molecule has 0 aromatic heterocycles. The van der Waals surface area contributed by atoms with E-state index in [4.69, 9.17) is 0 Å². The van der Waals surface area contributed by atoms with E-state index >= 15 is 0 Å². The first-order valence-electron chi connectivity index (χ1n) is 4.96. The highest BCUT2D eigenvalue weighted by molar-refractivity contribution is 8.76. The normalized spacial score (nSPS) is 13.2. The van der Waals surface area contributed by atoms with E-state index in [1.807, 2.05) is 21.6 Å². The predicted molar refractivity (Wildman–Crippen MR) is 63.9 cm³/mol. The van der Waals surface area contributed by atoms with E-state index in [-0.39, 0.29) is 0 Å². The molecule has 0 rings (SSSR count). The molecule has 0 heterocycles. The molecule has 0 saturated heterocycles. The van der Waals surface area contributed by atoms with Crippen LogP contribution in [0, 0.1) is 5.92 Å². The first kappa shape index (κ1) is 12.7. The van der Waals surface area contributed by atoms with Gasteiger partial charge in [-0.2, -0.15) is 0 Å². The molecule has 0 saturated carbocycles. The highest BCUT2D eigenvalue weighted by atomic mass is 33.1. The zero-order valence-electron chi connectivity index (χ0n) is 8.64. The average Bonchev–Trinajstić information content (AvgIpc) is 2.09. The van der Waals surface area contributed by atoms with E-state index < -0.39 is 0 Å². The van der Waals surface area contributed by atoms with Crippen molar-refractivity contribution in [2.75, 3.05) is 12.0 Å². The Morgan fingerprint density at radius 3 is 2.50 bits per heavy atom. The summed E-state index contributed by atoms with van der Waals surface area (Å²) in [6.07, 6.45) is 9.23. The Kier molecular flexibility index (Phi) is 10.4. The zero-order chi connectivity index (χ0) is 9.23. The smallest absolute Gasteiger partial charge is 0.00625 e. The third-order valence-electron chi connectivity index (χ3n) is 2.02. The Hall–Kier alpha value is 0.700. The van der Waals surface area contributed by atoms with Gasteiger partial charge in [0.2, 0.25) is 0 Å². The van der Waals surface area contributed by atoms with Crippen molar-refractivity contribution in [1.82, 2.24) is 0 Å². The second kappa shape index (κ2) is 9.79. The summed E-state index contributed by atoms with van der Waals surface area (Å²) in [5.74, 6) is 2.24. The molecule has 0 N–H and O–H groups in total. The molecule has 1 atom stereocenters. The van der Waals surface area contributed by atoms with Crippen LogP contribution in [0.4, 0.5) is 0 Å². The van der Waals surface area contributed by atoms with Crippen molar-refractivity contribution in [3.8, 4) is 0 Å². The summed E-state index contributed by atoms with van der Waals surface area (Å²) < 4.78 is 0. The lowest BCUT2D eigenvalue weighted by atomic mass is 10.0. The van der Waals surface area contributed by atoms with E-state index in [0.717, 1.165) is 5.92 Å². The number of unbranched alkanes of at least 4 members (excludes halogenated alkanes) is 3. The second-order valence-corrected chi connectivity index (χ2v) is 6.02. The van der Waals surface area contributed by atoms with Gasteiger partial charge in [0, 0.05) is 5.75 Å². The monoisotopic (exact) mass is 206 g/mol. The van der Waals surface area contributed by atoms with Crippen molar-refractivity contribution in [1.29, 1.82) is 0 Å². The minimum Gasteiger partial charge on any atom is -0.0976 e. The summed E-state index contributed by atoms with van der Waals surface area (Å²) in [6, 6.07) is 0. The third-order valence-corrected chi connectivity index (χ3v) is 4.08. The molecule has 0 fully saturated rings. The van der Waals surface area contributed by atoms with E-state index in [1.165, 1.54) is 37.9 Å². The lowest BCUT2D eigenvalue weighted by Crippen LogP contribution is -1.96. The molecule has 1 unspecified atom stereocenters. The van der Waals surface area contributed by atoms with Crippen LogP contribution in [0.15, 0.2) is 0 Å². The minimum absolute atomic E-state index is 0.916. The lowest BCUT2D eigenvalue weighted by Gasteiger charge is -2.08. The van der Waals surface area contributed by atoms with E-state index in [2.05, 4.69) is 20.1 Å². The quantitative estimate of drug-likeness (QED) is 0.420. The Bertz CT molecular complexity index is 83.9. The second-order valence-electron chi connectivity index (χ2n) is 3.41. The maximum Gasteiger partial charge on any atom is 0.00625 e. The van der Waals surface area contributed by atoms with Gasteiger partial charge in [-0.3, -0.25) is 0 Å². The van der Waals surface area contributed by atoms with Crippen LogP contribution in [0.25, 0.3) is 0 Å². The summed E-state index contributed by atoms with van der Waals surface area (Å²) in [6.45, 7) is 4.64. The molecule has 12 heavy (non-hydrogen) atoms. The maximum absolute atomic E-state index is 2.37. The molecule has 0 nitrogen and oxygen atoms in total. The summed E-state index contributed by atoms with van der Waals surface area (Å²) in [5, 5.41) is 0. The maximum atomic E-state index is 2.37. The summed E-state index contributed by atoms with van der Waals surface area (Å²) in [4.78, 5) is 0. The molecule has 0 spiro atoms. The fraction of sp³-hybridized carbons (Fsp3) is 1.00. The molecule has 0 aliphatic rings. The number of rotatable bonds is 8. The van der Waals surface area contributed by atoms with Gasteiger partial charge in [-0.1, -0.05) is 61.1 Å². The van der Waals surface area contributed by atoms with E-state index in [9.17, 15) is 0 Å². The molecule has 0 amide bonds. The van der Waals surface area contributed by atoms with Crippen LogP contribution >= 0.6 is 21.6 Å². The Labute approximate surface area is 85.7 Å². The van der Waals surface area contributed by atoms with Crippen LogP contribution in [0.3, 0.4) is 0 Å². The standard InChI is InChI=1S/C10H22S2/c1-4-5-6-7-8-10(2)9-12-11-3/h10H,4-9H2,1-3H3. The van der Waals surface area contributed by atoms with E-state index in [0.29, 0.717) is 0 Å². The third kappa shape index (κ3) is 8.79. The van der Waals surface area contributed by atoms with Gasteiger partial charge in [0.25, 0.3) is 0 Å². The van der Waals surface area contributed by atoms with Gasteiger partial charge in [-0.15, -0.1) is 0 Å². The van der Waals surface area contributed by atoms with Crippen LogP contribution in [0.5, 0.6) is 0 Å². The number of hydrogen-bond donors (Lipinski definition) is 0. The molecule has 0 aliphatic carbocycles. The van der Waals surface area contributed by atoms with Gasteiger partial charge in [0.15, 0.2) is 0 Å². The SMILES string of the molecule is CCCCCCC(C)CSSC. The molecule has 74 valence electrons. The summed E-state index contributed by atoms with van der Waals surface area (Å²) >= 11 is 0. The van der Waals surface area contributed by atoms with Crippen molar-refractivity contribution in [2.24, 2.45) is 5.92 Å². The predicted octanol–water partition coefficient (Wildman–Crippen LogP) is 4.60. The molecule has 2 heteroatoms. The van der Waals surface area contributed by atoms with Crippen molar-refractivity contribution in [3.05, 3.63) is 0 Å². The average molecular weight is 206 g/mol. The molecule has 0 aromatic rings. The van der Waals surface area contributed by atoms with Crippen LogP contribution in [-0.4, -0.2) is 12.0 Å². The molecule has 0 aliphatic heterocycles. The van der Waals surface area contributed by atoms with Crippen LogP contribution in [0.1, 0.15) is 46.0 Å². The van der Waals surface area contributed by atoms with Crippen molar-refractivity contribution >= 4 is 21.6 Å². The van der Waals surface area contributed by atoms with Crippen LogP contribution in [-0.2, 0) is 0 Å². The van der Waals surface area contributed by atoms with Crippen molar-refractivity contribution < 1.29 is 0 Å². The Morgan fingerprint density at radius 2 is 1.92 bits per heavy atom. The fourth-order valence-electron chi connectivity index (χ4n) is 1.19. The highest BCUT2D eigenvalue weighted by Crippen LogP contribution is 2.23. The Morgan fingerprint density at radius 1 is 1.17 bits per heavy atom. The molecule has 0 radical (unpaired) electrons. The number of hydrogen-bond acceptors (Lipinski definition) is 2. The summed E-state index contributed by atoms with van der Waals surface area (Å²) in [5.41, 5.74) is 0. The molecule has 0 aromatic carbocycles. The van der Waals surface area contributed by atoms with Gasteiger partial charge < -0.3 is 0 Å². The molecular formula is C10H22S2. The zero-order valence-corrected chi connectivity index (χ0v) is 10.3. The van der Waals surface area contributed by atoms with E-state index in [1.54, 1.807) is 0 Å². The van der Waals surface area contributed by atoms with Gasteiger partial charge in [-0.25, -0.2) is 0 Å². The fourth-order valence-corrected chi connectivity index (χ4v) is 2.83. The van der Waals surface area contributed by atoms with Gasteiger partial charge >= 0.3 is 0 Å². The Balaban J connectivity index is 3.02. The lowest BCUT2D eigenvalue weighted by molar-refractivity contribution is 0.531.